The SMILES string of the molecule is CC.CCc1c(-c2ccccc2C(/C=C\C(C)C)=C(\C)C=O)nc2cc(C(=O)O)ccn12. The molecule has 2 aromatic heterocycles. The molecular weight excluding hydrogens is 400 g/mol. The van der Waals surface area contributed by atoms with Crippen molar-refractivity contribution in [3.63, 3.8) is 0 Å². The molecule has 1 aromatic carbocycles. The highest BCUT2D eigenvalue weighted by Gasteiger charge is 2.18. The number of hydrogen-bond acceptors (Lipinski definition) is 3. The molecule has 0 aliphatic carbocycles. The van der Waals surface area contributed by atoms with Gasteiger partial charge < -0.3 is 9.51 Å². The molecule has 3 rings (SSSR count). The van der Waals surface area contributed by atoms with Crippen LogP contribution in [0, 0.1) is 5.92 Å². The molecule has 0 radical (unpaired) electrons. The second-order valence-corrected chi connectivity index (χ2v) is 7.57. The molecule has 0 bridgehead atoms. The number of pyridine rings is 1. The van der Waals surface area contributed by atoms with Crippen LogP contribution >= 0.6 is 0 Å². The van der Waals surface area contributed by atoms with Crippen LogP contribution in [0.1, 0.15) is 63.2 Å². The number of aromatic nitrogens is 2. The molecule has 0 spiro atoms. The zero-order valence-corrected chi connectivity index (χ0v) is 19.7. The molecule has 0 fully saturated rings. The van der Waals surface area contributed by atoms with Crippen molar-refractivity contribution in [2.45, 2.75) is 48.0 Å². The molecule has 3 aromatic rings. The van der Waals surface area contributed by atoms with Gasteiger partial charge in [0.05, 0.1) is 17.0 Å². The number of carbonyl (C=O) groups is 2. The molecule has 1 N–H and O–H groups in total. The number of imidazole rings is 1. The number of rotatable bonds is 7. The van der Waals surface area contributed by atoms with E-state index in [1.807, 2.05) is 62.4 Å². The molecule has 0 amide bonds. The Balaban J connectivity index is 0.00000176. The molecular formula is C27H32N2O3. The second-order valence-electron chi connectivity index (χ2n) is 7.57. The Morgan fingerprint density at radius 1 is 1.19 bits per heavy atom. The molecule has 32 heavy (non-hydrogen) atoms. The van der Waals surface area contributed by atoms with Gasteiger partial charge >= 0.3 is 5.97 Å². The number of carboxylic acids is 1. The Morgan fingerprint density at radius 2 is 1.88 bits per heavy atom. The van der Waals surface area contributed by atoms with Crippen LogP contribution in [-0.4, -0.2) is 26.7 Å². The van der Waals surface area contributed by atoms with E-state index < -0.39 is 5.97 Å². The number of hydrogen-bond donors (Lipinski definition) is 1. The Morgan fingerprint density at radius 3 is 2.47 bits per heavy atom. The Hall–Kier alpha value is -3.47. The summed E-state index contributed by atoms with van der Waals surface area (Å²) >= 11 is 0. The van der Waals surface area contributed by atoms with Crippen LogP contribution in [0.5, 0.6) is 0 Å². The fourth-order valence-electron chi connectivity index (χ4n) is 3.49. The number of benzene rings is 1. The summed E-state index contributed by atoms with van der Waals surface area (Å²) in [6.45, 7) is 12.0. The maximum absolute atomic E-state index is 11.6. The van der Waals surface area contributed by atoms with Gasteiger partial charge in [0.25, 0.3) is 0 Å². The average molecular weight is 433 g/mol. The normalized spacial score (nSPS) is 12.0. The largest absolute Gasteiger partial charge is 0.478 e. The topological polar surface area (TPSA) is 71.7 Å². The highest BCUT2D eigenvalue weighted by Crippen LogP contribution is 2.34. The number of carboxylic acid groups (broad SMARTS) is 1. The molecule has 5 heteroatoms. The summed E-state index contributed by atoms with van der Waals surface area (Å²) < 4.78 is 1.93. The Kier molecular flexibility index (Phi) is 8.71. The lowest BCUT2D eigenvalue weighted by Crippen LogP contribution is -1.99. The molecule has 0 saturated heterocycles. The van der Waals surface area contributed by atoms with Crippen LogP contribution in [0.2, 0.25) is 0 Å². The lowest BCUT2D eigenvalue weighted by atomic mass is 9.92. The lowest BCUT2D eigenvalue weighted by Gasteiger charge is -2.12. The van der Waals surface area contributed by atoms with Gasteiger partial charge in [-0.2, -0.15) is 0 Å². The van der Waals surface area contributed by atoms with Crippen molar-refractivity contribution in [3.8, 4) is 11.3 Å². The zero-order valence-electron chi connectivity index (χ0n) is 19.7. The number of carbonyl (C=O) groups excluding carboxylic acids is 1. The summed E-state index contributed by atoms with van der Waals surface area (Å²) in [5, 5.41) is 9.32. The zero-order chi connectivity index (χ0) is 23.8. The highest BCUT2D eigenvalue weighted by molar-refractivity contribution is 5.96. The fraction of sp³-hybridized carbons (Fsp3) is 0.296. The monoisotopic (exact) mass is 432 g/mol. The van der Waals surface area contributed by atoms with E-state index in [4.69, 9.17) is 4.98 Å². The lowest BCUT2D eigenvalue weighted by molar-refractivity contribution is -0.104. The molecule has 0 unspecified atom stereocenters. The van der Waals surface area contributed by atoms with Gasteiger partial charge in [0, 0.05) is 11.8 Å². The predicted octanol–water partition coefficient (Wildman–Crippen LogP) is 6.47. The first-order valence-corrected chi connectivity index (χ1v) is 11.1. The molecule has 2 heterocycles. The quantitative estimate of drug-likeness (QED) is 0.264. The van der Waals surface area contributed by atoms with E-state index in [0.717, 1.165) is 40.8 Å². The van der Waals surface area contributed by atoms with E-state index in [0.29, 0.717) is 17.1 Å². The van der Waals surface area contributed by atoms with Crippen molar-refractivity contribution in [1.29, 1.82) is 0 Å². The van der Waals surface area contributed by atoms with Gasteiger partial charge in [-0.15, -0.1) is 0 Å². The summed E-state index contributed by atoms with van der Waals surface area (Å²) in [6, 6.07) is 11.1. The van der Waals surface area contributed by atoms with E-state index in [-0.39, 0.29) is 5.56 Å². The molecule has 5 nitrogen and oxygen atoms in total. The first-order valence-electron chi connectivity index (χ1n) is 11.1. The number of aryl methyl sites for hydroxylation is 1. The minimum Gasteiger partial charge on any atom is -0.478 e. The second kappa shape index (κ2) is 11.2. The van der Waals surface area contributed by atoms with Crippen LogP contribution in [-0.2, 0) is 11.2 Å². The maximum Gasteiger partial charge on any atom is 0.335 e. The minimum atomic E-state index is -0.980. The van der Waals surface area contributed by atoms with Gasteiger partial charge in [0.2, 0.25) is 0 Å². The molecule has 168 valence electrons. The van der Waals surface area contributed by atoms with E-state index in [2.05, 4.69) is 19.9 Å². The molecule has 0 aliphatic rings. The van der Waals surface area contributed by atoms with Gasteiger partial charge in [-0.05, 0) is 48.1 Å². The van der Waals surface area contributed by atoms with Gasteiger partial charge in [-0.1, -0.05) is 71.0 Å². The van der Waals surface area contributed by atoms with Gasteiger partial charge in [-0.3, -0.25) is 4.79 Å². The van der Waals surface area contributed by atoms with Crippen LogP contribution in [0.15, 0.2) is 60.3 Å². The first kappa shape index (κ1) is 24.8. The van der Waals surface area contributed by atoms with Crippen LogP contribution in [0.25, 0.3) is 22.5 Å². The molecule has 0 aliphatic heterocycles. The van der Waals surface area contributed by atoms with Crippen LogP contribution in [0.3, 0.4) is 0 Å². The standard InChI is InChI=1S/C25H26N2O3.C2H6/c1-5-22-24(26-23-14-18(25(29)30)12-13-27(22)23)21-9-7-6-8-20(21)19(17(4)15-28)11-10-16(2)3;1-2/h6-16H,5H2,1-4H3,(H,29,30);1-2H3/b11-10-,19-17+;. The first-order chi connectivity index (χ1) is 15.4. The average Bonchev–Trinajstić information content (AvgIpc) is 3.18. The van der Waals surface area contributed by atoms with Crippen molar-refractivity contribution in [3.05, 3.63) is 77.1 Å². The summed E-state index contributed by atoms with van der Waals surface area (Å²) in [5.74, 6) is -0.631. The number of aromatic carboxylic acids is 1. The summed E-state index contributed by atoms with van der Waals surface area (Å²) in [5.41, 5.74) is 5.93. The molecule has 0 atom stereocenters. The third-order valence-corrected chi connectivity index (χ3v) is 5.03. The molecule has 0 saturated carbocycles. The highest BCUT2D eigenvalue weighted by atomic mass is 16.4. The van der Waals surface area contributed by atoms with E-state index in [1.165, 1.54) is 0 Å². The van der Waals surface area contributed by atoms with Gasteiger partial charge in [-0.25, -0.2) is 9.78 Å². The third kappa shape index (κ3) is 5.22. The third-order valence-electron chi connectivity index (χ3n) is 5.03. The smallest absolute Gasteiger partial charge is 0.335 e. The Labute approximate surface area is 190 Å². The maximum atomic E-state index is 11.6. The fourth-order valence-corrected chi connectivity index (χ4v) is 3.49. The number of fused-ring (bicyclic) bond motifs is 1. The van der Waals surface area contributed by atoms with Crippen molar-refractivity contribution >= 4 is 23.5 Å². The summed E-state index contributed by atoms with van der Waals surface area (Å²) in [6.07, 6.45) is 7.42. The van der Waals surface area contributed by atoms with Crippen molar-refractivity contribution in [2.75, 3.05) is 0 Å². The van der Waals surface area contributed by atoms with E-state index in [1.54, 1.807) is 18.3 Å². The number of nitrogens with zero attached hydrogens (tertiary/aromatic N) is 2. The predicted molar refractivity (Wildman–Crippen MR) is 131 cm³/mol. The van der Waals surface area contributed by atoms with E-state index >= 15 is 0 Å². The Bertz CT molecular complexity index is 1170. The van der Waals surface area contributed by atoms with E-state index in [9.17, 15) is 14.7 Å². The number of aldehydes is 1. The minimum absolute atomic E-state index is 0.201. The van der Waals surface area contributed by atoms with Gasteiger partial charge in [0.15, 0.2) is 0 Å². The van der Waals surface area contributed by atoms with Crippen molar-refractivity contribution < 1.29 is 14.7 Å². The summed E-state index contributed by atoms with van der Waals surface area (Å²) in [7, 11) is 0. The summed E-state index contributed by atoms with van der Waals surface area (Å²) in [4.78, 5) is 27.8. The van der Waals surface area contributed by atoms with Crippen molar-refractivity contribution in [1.82, 2.24) is 9.38 Å². The number of allylic oxidation sites excluding steroid dienone is 4. The van der Waals surface area contributed by atoms with Crippen LogP contribution < -0.4 is 0 Å². The van der Waals surface area contributed by atoms with Gasteiger partial charge in [0.1, 0.15) is 11.9 Å². The van der Waals surface area contributed by atoms with Crippen LogP contribution in [0.4, 0.5) is 0 Å². The van der Waals surface area contributed by atoms with Crippen molar-refractivity contribution in [2.24, 2.45) is 5.92 Å².